The van der Waals surface area contributed by atoms with Gasteiger partial charge >= 0.3 is 0 Å². The molecule has 0 saturated heterocycles. The van der Waals surface area contributed by atoms with Gasteiger partial charge in [-0.05, 0) is 6.92 Å². The molecule has 0 atom stereocenters. The van der Waals surface area contributed by atoms with E-state index in [4.69, 9.17) is 0 Å². The molecule has 0 saturated carbocycles. The predicted molar refractivity (Wildman–Crippen MR) is 52.7 cm³/mol. The minimum Gasteiger partial charge on any atom is -0.207 e. The summed E-state index contributed by atoms with van der Waals surface area (Å²) in [4.78, 5) is 0. The van der Waals surface area contributed by atoms with Gasteiger partial charge in [0.15, 0.2) is 12.4 Å². The SMILES string of the molecule is Cc1ccccc1-[n+]1ccc(F)cc1. The van der Waals surface area contributed by atoms with Gasteiger partial charge in [-0.15, -0.1) is 0 Å². The maximum atomic E-state index is 12.7. The topological polar surface area (TPSA) is 3.88 Å². The Bertz CT molecular complexity index is 434. The molecule has 0 aliphatic rings. The molecule has 2 heteroatoms. The van der Waals surface area contributed by atoms with Crippen LogP contribution < -0.4 is 4.57 Å². The molecule has 0 spiro atoms. The number of aryl methyl sites for hydroxylation is 1. The number of hydrogen-bond acceptors (Lipinski definition) is 0. The summed E-state index contributed by atoms with van der Waals surface area (Å²) in [5.74, 6) is -0.213. The molecule has 0 radical (unpaired) electrons. The Hall–Kier alpha value is -1.70. The van der Waals surface area contributed by atoms with Gasteiger partial charge in [0.1, 0.15) is 5.82 Å². The van der Waals surface area contributed by atoms with Crippen molar-refractivity contribution in [1.82, 2.24) is 0 Å². The van der Waals surface area contributed by atoms with Gasteiger partial charge in [0.05, 0.1) is 0 Å². The van der Waals surface area contributed by atoms with Crippen molar-refractivity contribution in [2.24, 2.45) is 0 Å². The monoisotopic (exact) mass is 188 g/mol. The third kappa shape index (κ3) is 1.64. The van der Waals surface area contributed by atoms with Crippen LogP contribution in [0.1, 0.15) is 5.56 Å². The smallest absolute Gasteiger partial charge is 0.207 e. The lowest BCUT2D eigenvalue weighted by Gasteiger charge is -1.98. The van der Waals surface area contributed by atoms with Gasteiger partial charge in [-0.1, -0.05) is 18.2 Å². The van der Waals surface area contributed by atoms with E-state index >= 15 is 0 Å². The summed E-state index contributed by atoms with van der Waals surface area (Å²) >= 11 is 0. The fraction of sp³-hybridized carbons (Fsp3) is 0.0833. The molecule has 14 heavy (non-hydrogen) atoms. The summed E-state index contributed by atoms with van der Waals surface area (Å²) < 4.78 is 14.6. The number of benzene rings is 1. The lowest BCUT2D eigenvalue weighted by atomic mass is 10.2. The molecular formula is C12H11FN+. The van der Waals surface area contributed by atoms with Gasteiger partial charge in [0.25, 0.3) is 0 Å². The Morgan fingerprint density at radius 3 is 2.29 bits per heavy atom. The molecule has 1 nitrogen and oxygen atoms in total. The van der Waals surface area contributed by atoms with Crippen molar-refractivity contribution in [1.29, 1.82) is 0 Å². The normalized spacial score (nSPS) is 10.1. The molecule has 0 bridgehead atoms. The van der Waals surface area contributed by atoms with Crippen LogP contribution in [0, 0.1) is 12.7 Å². The summed E-state index contributed by atoms with van der Waals surface area (Å²) in [6.45, 7) is 2.03. The van der Waals surface area contributed by atoms with Crippen LogP contribution >= 0.6 is 0 Å². The van der Waals surface area contributed by atoms with E-state index in [2.05, 4.69) is 0 Å². The first-order chi connectivity index (χ1) is 6.77. The summed E-state index contributed by atoms with van der Waals surface area (Å²) in [7, 11) is 0. The number of nitrogens with zero attached hydrogens (tertiary/aromatic N) is 1. The standard InChI is InChI=1S/C12H11FN/c1-10-4-2-3-5-12(10)14-8-6-11(13)7-9-14/h2-9H,1H3/q+1. The average molecular weight is 188 g/mol. The molecule has 2 aromatic rings. The first-order valence-corrected chi connectivity index (χ1v) is 4.50. The van der Waals surface area contributed by atoms with E-state index in [-0.39, 0.29) is 5.82 Å². The lowest BCUT2D eigenvalue weighted by Crippen LogP contribution is -2.30. The number of rotatable bonds is 1. The van der Waals surface area contributed by atoms with Crippen molar-refractivity contribution in [3.63, 3.8) is 0 Å². The molecule has 1 aromatic carbocycles. The number of aromatic nitrogens is 1. The average Bonchev–Trinajstić information content (AvgIpc) is 2.20. The summed E-state index contributed by atoms with van der Waals surface area (Å²) in [5, 5.41) is 0. The van der Waals surface area contributed by atoms with Crippen molar-refractivity contribution >= 4 is 0 Å². The van der Waals surface area contributed by atoms with Crippen LogP contribution in [0.3, 0.4) is 0 Å². The van der Waals surface area contributed by atoms with E-state index in [0.717, 1.165) is 5.69 Å². The van der Waals surface area contributed by atoms with Crippen molar-refractivity contribution in [3.05, 3.63) is 60.2 Å². The highest BCUT2D eigenvalue weighted by molar-refractivity contribution is 5.31. The predicted octanol–water partition coefficient (Wildman–Crippen LogP) is 2.41. The molecule has 0 N–H and O–H groups in total. The van der Waals surface area contributed by atoms with Crippen LogP contribution in [0.15, 0.2) is 48.8 Å². The van der Waals surface area contributed by atoms with Crippen LogP contribution in [0.5, 0.6) is 0 Å². The number of pyridine rings is 1. The van der Waals surface area contributed by atoms with Crippen molar-refractivity contribution in [2.45, 2.75) is 6.92 Å². The fourth-order valence-corrected chi connectivity index (χ4v) is 1.42. The third-order valence-corrected chi connectivity index (χ3v) is 2.18. The van der Waals surface area contributed by atoms with E-state index in [1.165, 1.54) is 17.7 Å². The molecule has 2 rings (SSSR count). The van der Waals surface area contributed by atoms with Crippen molar-refractivity contribution in [3.8, 4) is 5.69 Å². The third-order valence-electron chi connectivity index (χ3n) is 2.18. The fourth-order valence-electron chi connectivity index (χ4n) is 1.42. The minimum absolute atomic E-state index is 0.213. The van der Waals surface area contributed by atoms with Crippen LogP contribution in [-0.2, 0) is 0 Å². The molecule has 0 unspecified atom stereocenters. The zero-order valence-corrected chi connectivity index (χ0v) is 7.94. The van der Waals surface area contributed by atoms with Crippen LogP contribution in [0.4, 0.5) is 4.39 Å². The second kappa shape index (κ2) is 3.58. The van der Waals surface area contributed by atoms with E-state index in [0.29, 0.717) is 0 Å². The largest absolute Gasteiger partial charge is 0.213 e. The first kappa shape index (κ1) is 8.88. The van der Waals surface area contributed by atoms with Gasteiger partial charge in [0, 0.05) is 23.8 Å². The lowest BCUT2D eigenvalue weighted by molar-refractivity contribution is -0.596. The zero-order chi connectivity index (χ0) is 9.97. The summed E-state index contributed by atoms with van der Waals surface area (Å²) in [6.07, 6.45) is 3.44. The first-order valence-electron chi connectivity index (χ1n) is 4.50. The van der Waals surface area contributed by atoms with E-state index in [1.807, 2.05) is 35.8 Å². The van der Waals surface area contributed by atoms with Crippen LogP contribution in [0.25, 0.3) is 5.69 Å². The molecule has 0 aliphatic carbocycles. The van der Waals surface area contributed by atoms with E-state index < -0.39 is 0 Å². The number of hydrogen-bond donors (Lipinski definition) is 0. The van der Waals surface area contributed by atoms with Gasteiger partial charge in [-0.2, -0.15) is 4.57 Å². The van der Waals surface area contributed by atoms with Gasteiger partial charge in [-0.3, -0.25) is 0 Å². The van der Waals surface area contributed by atoms with Crippen molar-refractivity contribution in [2.75, 3.05) is 0 Å². The Balaban J connectivity index is 2.50. The minimum atomic E-state index is -0.213. The molecule has 0 aliphatic heterocycles. The second-order valence-electron chi connectivity index (χ2n) is 3.21. The highest BCUT2D eigenvalue weighted by atomic mass is 19.1. The Kier molecular flexibility index (Phi) is 2.27. The van der Waals surface area contributed by atoms with Crippen LogP contribution in [0.2, 0.25) is 0 Å². The van der Waals surface area contributed by atoms with Crippen LogP contribution in [-0.4, -0.2) is 0 Å². The molecular weight excluding hydrogens is 177 g/mol. The molecule has 0 fully saturated rings. The molecule has 70 valence electrons. The second-order valence-corrected chi connectivity index (χ2v) is 3.21. The maximum Gasteiger partial charge on any atom is 0.213 e. The summed E-state index contributed by atoms with van der Waals surface area (Å²) in [6, 6.07) is 10.9. The molecule has 1 aromatic heterocycles. The Labute approximate surface area is 82.4 Å². The van der Waals surface area contributed by atoms with E-state index in [1.54, 1.807) is 12.4 Å². The van der Waals surface area contributed by atoms with E-state index in [9.17, 15) is 4.39 Å². The van der Waals surface area contributed by atoms with Gasteiger partial charge in [-0.25, -0.2) is 4.39 Å². The Morgan fingerprint density at radius 1 is 1.00 bits per heavy atom. The highest BCUT2D eigenvalue weighted by Crippen LogP contribution is 2.06. The molecule has 1 heterocycles. The number of halogens is 1. The quantitative estimate of drug-likeness (QED) is 0.605. The summed E-state index contributed by atoms with van der Waals surface area (Å²) in [5.41, 5.74) is 2.25. The van der Waals surface area contributed by atoms with Gasteiger partial charge < -0.3 is 0 Å². The highest BCUT2D eigenvalue weighted by Gasteiger charge is 2.07. The maximum absolute atomic E-state index is 12.7. The Morgan fingerprint density at radius 2 is 1.64 bits per heavy atom. The zero-order valence-electron chi connectivity index (χ0n) is 7.94. The van der Waals surface area contributed by atoms with Gasteiger partial charge in [0.2, 0.25) is 5.69 Å². The molecule has 0 amide bonds. The number of para-hydroxylation sites is 1. The van der Waals surface area contributed by atoms with Crippen molar-refractivity contribution < 1.29 is 8.96 Å².